The topological polar surface area (TPSA) is 58.1 Å². The third-order valence-corrected chi connectivity index (χ3v) is 6.33. The van der Waals surface area contributed by atoms with E-state index in [2.05, 4.69) is 15.5 Å². The van der Waals surface area contributed by atoms with Crippen LogP contribution >= 0.6 is 22.9 Å². The molecule has 0 saturated carbocycles. The Kier molecular flexibility index (Phi) is 6.06. The van der Waals surface area contributed by atoms with Gasteiger partial charge < -0.3 is 10.2 Å². The normalized spacial score (nSPS) is 16.6. The summed E-state index contributed by atoms with van der Waals surface area (Å²) in [6.07, 6.45) is 1.83. The van der Waals surface area contributed by atoms with Crippen molar-refractivity contribution in [2.45, 2.75) is 25.3 Å². The predicted molar refractivity (Wildman–Crippen MR) is 113 cm³/mol. The maximum atomic E-state index is 14.0. The zero-order valence-corrected chi connectivity index (χ0v) is 17.2. The van der Waals surface area contributed by atoms with Gasteiger partial charge in [-0.3, -0.25) is 0 Å². The van der Waals surface area contributed by atoms with E-state index in [1.807, 2.05) is 29.2 Å². The molecule has 1 unspecified atom stereocenters. The average Bonchev–Trinajstić information content (AvgIpc) is 3.23. The number of halogens is 2. The first kappa shape index (κ1) is 19.8. The molecule has 0 spiro atoms. The summed E-state index contributed by atoms with van der Waals surface area (Å²) in [6, 6.07) is 13.9. The van der Waals surface area contributed by atoms with Crippen LogP contribution in [0.2, 0.25) is 5.02 Å². The van der Waals surface area contributed by atoms with Gasteiger partial charge in [0.15, 0.2) is 5.01 Å². The van der Waals surface area contributed by atoms with Crippen molar-refractivity contribution >= 4 is 29.0 Å². The van der Waals surface area contributed by atoms with Gasteiger partial charge in [0, 0.05) is 36.1 Å². The van der Waals surface area contributed by atoms with E-state index >= 15 is 0 Å². The van der Waals surface area contributed by atoms with Crippen LogP contribution in [-0.2, 0) is 6.54 Å². The summed E-state index contributed by atoms with van der Waals surface area (Å²) in [5, 5.41) is 13.5. The Balaban J connectivity index is 1.39. The first-order chi connectivity index (χ1) is 14.1. The minimum atomic E-state index is -0.304. The van der Waals surface area contributed by atoms with Crippen LogP contribution in [0.1, 0.15) is 29.3 Å². The zero-order chi connectivity index (χ0) is 20.2. The van der Waals surface area contributed by atoms with E-state index in [1.165, 1.54) is 17.4 Å². The molecule has 8 heteroatoms. The summed E-state index contributed by atoms with van der Waals surface area (Å²) in [4.78, 5) is 14.4. The Morgan fingerprint density at radius 2 is 2.00 bits per heavy atom. The van der Waals surface area contributed by atoms with Gasteiger partial charge >= 0.3 is 6.03 Å². The molecule has 2 amide bonds. The molecule has 0 bridgehead atoms. The molecule has 1 N–H and O–H groups in total. The lowest BCUT2D eigenvalue weighted by atomic mass is 9.99. The lowest BCUT2D eigenvalue weighted by Gasteiger charge is -2.31. The van der Waals surface area contributed by atoms with E-state index in [1.54, 1.807) is 18.2 Å². The van der Waals surface area contributed by atoms with Crippen molar-refractivity contribution in [2.24, 2.45) is 0 Å². The van der Waals surface area contributed by atoms with Crippen molar-refractivity contribution in [3.8, 4) is 10.6 Å². The Bertz CT molecular complexity index is 994. The van der Waals surface area contributed by atoms with Gasteiger partial charge in [-0.2, -0.15) is 0 Å². The fourth-order valence-electron chi connectivity index (χ4n) is 3.40. The third-order valence-electron chi connectivity index (χ3n) is 4.96. The maximum absolute atomic E-state index is 14.0. The number of benzene rings is 2. The highest BCUT2D eigenvalue weighted by Gasteiger charge is 2.27. The number of urea groups is 1. The summed E-state index contributed by atoms with van der Waals surface area (Å²) < 4.78 is 14.0. The van der Waals surface area contributed by atoms with Crippen LogP contribution in [0, 0.1) is 5.82 Å². The van der Waals surface area contributed by atoms with Gasteiger partial charge in [-0.25, -0.2) is 9.18 Å². The van der Waals surface area contributed by atoms with Crippen LogP contribution in [-0.4, -0.2) is 34.2 Å². The van der Waals surface area contributed by atoms with E-state index < -0.39 is 0 Å². The molecule has 1 aliphatic rings. The fourth-order valence-corrected chi connectivity index (χ4v) is 4.52. The van der Waals surface area contributed by atoms with Crippen molar-refractivity contribution < 1.29 is 9.18 Å². The molecule has 2 heterocycles. The quantitative estimate of drug-likeness (QED) is 0.627. The number of aromatic nitrogens is 2. The Hall–Kier alpha value is -2.51. The van der Waals surface area contributed by atoms with Crippen LogP contribution in [0.5, 0.6) is 0 Å². The highest BCUT2D eigenvalue weighted by molar-refractivity contribution is 7.14. The molecule has 1 aromatic heterocycles. The summed E-state index contributed by atoms with van der Waals surface area (Å²) >= 11 is 7.29. The van der Waals surface area contributed by atoms with Gasteiger partial charge in [0.05, 0.1) is 0 Å². The second kappa shape index (κ2) is 8.88. The largest absolute Gasteiger partial charge is 0.334 e. The van der Waals surface area contributed by atoms with Gasteiger partial charge in [0.25, 0.3) is 0 Å². The van der Waals surface area contributed by atoms with E-state index in [4.69, 9.17) is 11.6 Å². The SMILES string of the molecule is O=C(NCc1ccc(Cl)cc1)N1CCCC(c2nnc(-c3ccccc3F)s2)C1. The third kappa shape index (κ3) is 4.74. The smallest absolute Gasteiger partial charge is 0.317 e. The van der Waals surface area contributed by atoms with Gasteiger partial charge in [-0.15, -0.1) is 10.2 Å². The maximum Gasteiger partial charge on any atom is 0.317 e. The molecule has 1 atom stereocenters. The Morgan fingerprint density at radius 3 is 2.79 bits per heavy atom. The number of piperidine rings is 1. The van der Waals surface area contributed by atoms with E-state index in [9.17, 15) is 9.18 Å². The van der Waals surface area contributed by atoms with Crippen LogP contribution in [0.25, 0.3) is 10.6 Å². The lowest BCUT2D eigenvalue weighted by Crippen LogP contribution is -2.44. The molecule has 1 fully saturated rings. The van der Waals surface area contributed by atoms with Gasteiger partial charge in [0.2, 0.25) is 0 Å². The highest BCUT2D eigenvalue weighted by Crippen LogP contribution is 2.33. The molecule has 2 aromatic carbocycles. The van der Waals surface area contributed by atoms with Crippen molar-refractivity contribution in [3.63, 3.8) is 0 Å². The van der Waals surface area contributed by atoms with E-state index in [-0.39, 0.29) is 17.8 Å². The summed E-state index contributed by atoms with van der Waals surface area (Å²) in [7, 11) is 0. The number of hydrogen-bond acceptors (Lipinski definition) is 4. The molecule has 0 aliphatic carbocycles. The molecule has 1 aliphatic heterocycles. The van der Waals surface area contributed by atoms with Crippen molar-refractivity contribution in [1.82, 2.24) is 20.4 Å². The number of nitrogens with zero attached hydrogens (tertiary/aromatic N) is 3. The van der Waals surface area contributed by atoms with Crippen LogP contribution in [0.3, 0.4) is 0 Å². The van der Waals surface area contributed by atoms with Crippen LogP contribution in [0.4, 0.5) is 9.18 Å². The highest BCUT2D eigenvalue weighted by atomic mass is 35.5. The molecule has 3 aromatic rings. The molecule has 1 saturated heterocycles. The Morgan fingerprint density at radius 1 is 1.21 bits per heavy atom. The van der Waals surface area contributed by atoms with E-state index in [0.29, 0.717) is 35.2 Å². The van der Waals surface area contributed by atoms with Crippen molar-refractivity contribution in [2.75, 3.05) is 13.1 Å². The predicted octanol–water partition coefficient (Wildman–Crippen LogP) is 5.09. The van der Waals surface area contributed by atoms with Crippen molar-refractivity contribution in [3.05, 3.63) is 69.9 Å². The molecule has 0 radical (unpaired) electrons. The monoisotopic (exact) mass is 430 g/mol. The number of amides is 2. The van der Waals surface area contributed by atoms with Crippen molar-refractivity contribution in [1.29, 1.82) is 0 Å². The Labute approximate surface area is 177 Å². The molecular formula is C21H20ClFN4OS. The van der Waals surface area contributed by atoms with E-state index in [0.717, 1.165) is 23.4 Å². The number of nitrogens with one attached hydrogen (secondary N) is 1. The molecule has 150 valence electrons. The number of rotatable bonds is 4. The number of hydrogen-bond donors (Lipinski definition) is 1. The summed E-state index contributed by atoms with van der Waals surface area (Å²) in [5.74, 6) is -0.190. The number of likely N-dealkylation sites (tertiary alicyclic amines) is 1. The summed E-state index contributed by atoms with van der Waals surface area (Å²) in [5.41, 5.74) is 1.46. The zero-order valence-electron chi connectivity index (χ0n) is 15.6. The lowest BCUT2D eigenvalue weighted by molar-refractivity contribution is 0.179. The minimum absolute atomic E-state index is 0.0940. The second-order valence-corrected chi connectivity index (χ2v) is 8.44. The minimum Gasteiger partial charge on any atom is -0.334 e. The molecule has 5 nitrogen and oxygen atoms in total. The molecular weight excluding hydrogens is 411 g/mol. The number of carbonyl (C=O) groups excluding carboxylic acids is 1. The fraction of sp³-hybridized carbons (Fsp3) is 0.286. The van der Waals surface area contributed by atoms with Gasteiger partial charge in [-0.05, 0) is 42.7 Å². The summed E-state index contributed by atoms with van der Waals surface area (Å²) in [6.45, 7) is 1.74. The first-order valence-corrected chi connectivity index (χ1v) is 10.6. The molecule has 29 heavy (non-hydrogen) atoms. The first-order valence-electron chi connectivity index (χ1n) is 9.45. The number of carbonyl (C=O) groups is 1. The molecule has 4 rings (SSSR count). The average molecular weight is 431 g/mol. The van der Waals surface area contributed by atoms with Gasteiger partial charge in [0.1, 0.15) is 10.8 Å². The van der Waals surface area contributed by atoms with Crippen LogP contribution in [0.15, 0.2) is 48.5 Å². The van der Waals surface area contributed by atoms with Gasteiger partial charge in [-0.1, -0.05) is 47.2 Å². The van der Waals surface area contributed by atoms with Crippen LogP contribution < -0.4 is 5.32 Å². The standard InChI is InChI=1S/C21H20ClFN4OS/c22-16-9-7-14(8-10-16)12-24-21(28)27-11-3-4-15(13-27)19-25-26-20(29-19)17-5-1-2-6-18(17)23/h1-2,5-10,15H,3-4,11-13H2,(H,24,28). The second-order valence-electron chi connectivity index (χ2n) is 7.00.